The highest BCUT2D eigenvalue weighted by molar-refractivity contribution is 7.92. The molecule has 0 aliphatic carbocycles. The molecule has 168 valence electrons. The van der Waals surface area contributed by atoms with Crippen molar-refractivity contribution >= 4 is 26.8 Å². The second-order valence-electron chi connectivity index (χ2n) is 6.84. The number of methoxy groups -OCH3 is 2. The summed E-state index contributed by atoms with van der Waals surface area (Å²) in [5.41, 5.74) is 7.52. The van der Waals surface area contributed by atoms with Crippen LogP contribution in [0.5, 0.6) is 11.5 Å². The van der Waals surface area contributed by atoms with E-state index in [1.54, 1.807) is 24.3 Å². The van der Waals surface area contributed by atoms with E-state index in [4.69, 9.17) is 24.5 Å². The van der Waals surface area contributed by atoms with Crippen molar-refractivity contribution in [3.05, 3.63) is 41.5 Å². The molecule has 0 unspecified atom stereocenters. The molecule has 9 nitrogen and oxygen atoms in total. The lowest BCUT2D eigenvalue weighted by Crippen LogP contribution is -2.15. The zero-order valence-electron chi connectivity index (χ0n) is 17.8. The average Bonchev–Trinajstić information content (AvgIpc) is 3.17. The van der Waals surface area contributed by atoms with Gasteiger partial charge in [0.05, 0.1) is 20.8 Å². The second kappa shape index (κ2) is 9.99. The standard InChI is InChI=1S/C21H27N3O6S/c1-4-14-6-7-16(27-2)19(12-14)31(25,26)24-21-20-17(28-3)10-15(11-18(20)30-23-21)13-29-9-5-8-22/h6-7,10-12H,4-5,8-9,13,22H2,1-3H3,(H,23,24). The van der Waals surface area contributed by atoms with Crippen molar-refractivity contribution in [1.82, 2.24) is 5.16 Å². The molecule has 0 amide bonds. The van der Waals surface area contributed by atoms with Crippen molar-refractivity contribution in [3.63, 3.8) is 0 Å². The third-order valence-corrected chi connectivity index (χ3v) is 6.10. The smallest absolute Gasteiger partial charge is 0.266 e. The number of ether oxygens (including phenoxy) is 3. The van der Waals surface area contributed by atoms with E-state index in [2.05, 4.69) is 9.88 Å². The first-order valence-corrected chi connectivity index (χ1v) is 11.4. The normalized spacial score (nSPS) is 11.6. The summed E-state index contributed by atoms with van der Waals surface area (Å²) in [4.78, 5) is 0.0226. The molecule has 3 aromatic rings. The van der Waals surface area contributed by atoms with Crippen molar-refractivity contribution in [2.45, 2.75) is 31.3 Å². The third kappa shape index (κ3) is 5.09. The van der Waals surface area contributed by atoms with Gasteiger partial charge < -0.3 is 24.5 Å². The van der Waals surface area contributed by atoms with Gasteiger partial charge in [-0.05, 0) is 54.8 Å². The number of nitrogens with one attached hydrogen (secondary N) is 1. The van der Waals surface area contributed by atoms with Crippen LogP contribution in [-0.2, 0) is 27.8 Å². The van der Waals surface area contributed by atoms with E-state index in [9.17, 15) is 8.42 Å². The third-order valence-electron chi connectivity index (χ3n) is 4.74. The number of nitrogens with two attached hydrogens (primary N) is 1. The van der Waals surface area contributed by atoms with Gasteiger partial charge in [-0.1, -0.05) is 18.1 Å². The van der Waals surface area contributed by atoms with Crippen LogP contribution in [0.3, 0.4) is 0 Å². The molecule has 0 saturated heterocycles. The van der Waals surface area contributed by atoms with Crippen molar-refractivity contribution in [2.24, 2.45) is 5.73 Å². The van der Waals surface area contributed by atoms with Crippen LogP contribution in [0.25, 0.3) is 11.0 Å². The van der Waals surface area contributed by atoms with Gasteiger partial charge in [-0.3, -0.25) is 4.72 Å². The Labute approximate surface area is 181 Å². The lowest BCUT2D eigenvalue weighted by Gasteiger charge is -2.12. The molecule has 3 N–H and O–H groups in total. The summed E-state index contributed by atoms with van der Waals surface area (Å²) in [5, 5.41) is 4.34. The van der Waals surface area contributed by atoms with Crippen LogP contribution >= 0.6 is 0 Å². The van der Waals surface area contributed by atoms with E-state index < -0.39 is 10.0 Å². The fourth-order valence-corrected chi connectivity index (χ4v) is 4.34. The Balaban J connectivity index is 1.95. The van der Waals surface area contributed by atoms with Crippen LogP contribution in [0.15, 0.2) is 39.8 Å². The van der Waals surface area contributed by atoms with Gasteiger partial charge in [0, 0.05) is 6.61 Å². The van der Waals surface area contributed by atoms with Crippen molar-refractivity contribution in [3.8, 4) is 11.5 Å². The second-order valence-corrected chi connectivity index (χ2v) is 8.49. The SMILES string of the molecule is CCc1ccc(OC)c(S(=O)(=O)Nc2noc3cc(COCCCN)cc(OC)c23)c1. The number of nitrogens with zero attached hydrogens (tertiary/aromatic N) is 1. The van der Waals surface area contributed by atoms with Crippen molar-refractivity contribution in [1.29, 1.82) is 0 Å². The van der Waals surface area contributed by atoms with Crippen LogP contribution < -0.4 is 19.9 Å². The average molecular weight is 450 g/mol. The summed E-state index contributed by atoms with van der Waals surface area (Å²) in [6.07, 6.45) is 1.44. The number of hydrogen-bond acceptors (Lipinski definition) is 8. The van der Waals surface area contributed by atoms with Gasteiger partial charge in [0.1, 0.15) is 21.8 Å². The minimum Gasteiger partial charge on any atom is -0.496 e. The summed E-state index contributed by atoms with van der Waals surface area (Å²) in [6, 6.07) is 8.54. The number of benzene rings is 2. The first kappa shape index (κ1) is 22.9. The van der Waals surface area contributed by atoms with Crippen LogP contribution in [-0.4, -0.2) is 40.9 Å². The lowest BCUT2D eigenvalue weighted by atomic mass is 10.1. The molecule has 1 heterocycles. The molecule has 0 saturated carbocycles. The topological polar surface area (TPSA) is 126 Å². The molecule has 0 atom stereocenters. The quantitative estimate of drug-likeness (QED) is 0.428. The van der Waals surface area contributed by atoms with E-state index in [1.807, 2.05) is 13.0 Å². The monoisotopic (exact) mass is 449 g/mol. The van der Waals surface area contributed by atoms with E-state index in [0.29, 0.717) is 42.9 Å². The van der Waals surface area contributed by atoms with Crippen LogP contribution in [0.2, 0.25) is 0 Å². The van der Waals surface area contributed by atoms with E-state index in [0.717, 1.165) is 17.5 Å². The Morgan fingerprint density at radius 2 is 1.87 bits per heavy atom. The fourth-order valence-electron chi connectivity index (χ4n) is 3.11. The van der Waals surface area contributed by atoms with Crippen LogP contribution in [0.1, 0.15) is 24.5 Å². The van der Waals surface area contributed by atoms with Gasteiger partial charge in [0.25, 0.3) is 10.0 Å². The molecule has 0 aliphatic heterocycles. The highest BCUT2D eigenvalue weighted by Crippen LogP contribution is 2.36. The Bertz CT molecular complexity index is 1140. The van der Waals surface area contributed by atoms with Crippen LogP contribution in [0.4, 0.5) is 5.82 Å². The molecule has 0 fully saturated rings. The first-order chi connectivity index (χ1) is 14.9. The Morgan fingerprint density at radius 1 is 1.10 bits per heavy atom. The number of aryl methyl sites for hydroxylation is 1. The summed E-state index contributed by atoms with van der Waals surface area (Å²) in [5.74, 6) is 0.691. The number of fused-ring (bicyclic) bond motifs is 1. The van der Waals surface area contributed by atoms with Gasteiger partial charge in [-0.15, -0.1) is 0 Å². The molecule has 1 aromatic heterocycles. The molecule has 2 aromatic carbocycles. The Hall–Kier alpha value is -2.82. The van der Waals surface area contributed by atoms with Crippen LogP contribution in [0, 0.1) is 0 Å². The summed E-state index contributed by atoms with van der Waals surface area (Å²) in [6.45, 7) is 3.38. The number of hydrogen-bond donors (Lipinski definition) is 2. The zero-order valence-corrected chi connectivity index (χ0v) is 18.6. The molecule has 0 radical (unpaired) electrons. The van der Waals surface area contributed by atoms with E-state index >= 15 is 0 Å². The minimum atomic E-state index is -4.00. The molecular formula is C21H27N3O6S. The summed E-state index contributed by atoms with van der Waals surface area (Å²) >= 11 is 0. The van der Waals surface area contributed by atoms with E-state index in [1.165, 1.54) is 14.2 Å². The zero-order chi connectivity index (χ0) is 22.4. The van der Waals surface area contributed by atoms with Gasteiger partial charge in [-0.2, -0.15) is 0 Å². The van der Waals surface area contributed by atoms with Crippen molar-refractivity contribution in [2.75, 3.05) is 32.1 Å². The van der Waals surface area contributed by atoms with Gasteiger partial charge in [0.15, 0.2) is 11.4 Å². The molecule has 0 aliphatic rings. The summed E-state index contributed by atoms with van der Waals surface area (Å²) < 4.78 is 50.4. The predicted octanol–water partition coefficient (Wildman–Crippen LogP) is 3.07. The molecule has 3 rings (SSSR count). The van der Waals surface area contributed by atoms with Crippen molar-refractivity contribution < 1.29 is 27.2 Å². The number of anilines is 1. The maximum absolute atomic E-state index is 13.1. The Kier molecular flexibility index (Phi) is 7.37. The summed E-state index contributed by atoms with van der Waals surface area (Å²) in [7, 11) is -1.08. The van der Waals surface area contributed by atoms with Gasteiger partial charge in [0.2, 0.25) is 0 Å². The molecule has 0 bridgehead atoms. The largest absolute Gasteiger partial charge is 0.496 e. The first-order valence-electron chi connectivity index (χ1n) is 9.87. The molecular weight excluding hydrogens is 422 g/mol. The maximum atomic E-state index is 13.1. The fraction of sp³-hybridized carbons (Fsp3) is 0.381. The highest BCUT2D eigenvalue weighted by atomic mass is 32.2. The number of sulfonamides is 1. The van der Waals surface area contributed by atoms with E-state index in [-0.39, 0.29) is 16.5 Å². The highest BCUT2D eigenvalue weighted by Gasteiger charge is 2.24. The van der Waals surface area contributed by atoms with Gasteiger partial charge in [-0.25, -0.2) is 8.42 Å². The lowest BCUT2D eigenvalue weighted by molar-refractivity contribution is 0.120. The molecule has 10 heteroatoms. The Morgan fingerprint density at radius 3 is 2.55 bits per heavy atom. The number of rotatable bonds is 11. The number of aromatic nitrogens is 1. The molecule has 31 heavy (non-hydrogen) atoms. The minimum absolute atomic E-state index is 0.0226. The predicted molar refractivity (Wildman–Crippen MR) is 117 cm³/mol. The molecule has 0 spiro atoms. The van der Waals surface area contributed by atoms with Gasteiger partial charge >= 0.3 is 0 Å². The maximum Gasteiger partial charge on any atom is 0.266 e.